The fraction of sp³-hybridized carbons (Fsp3) is 1.00. The molecule has 0 heterocycles. The summed E-state index contributed by atoms with van der Waals surface area (Å²) in [5, 5.41) is 0. The Morgan fingerprint density at radius 1 is 0.217 bits per heavy atom. The monoisotopic (exact) mass is 1290 g/mol. The molecule has 8 unspecified atom stereocenters. The van der Waals surface area contributed by atoms with E-state index < -0.39 is 0 Å². The first kappa shape index (κ1) is 90.0. The lowest BCUT2D eigenvalue weighted by Crippen LogP contribution is -2.23. The summed E-state index contributed by atoms with van der Waals surface area (Å²) >= 11 is 0. The van der Waals surface area contributed by atoms with Crippen LogP contribution in [0.2, 0.25) is 0 Å². The van der Waals surface area contributed by atoms with Crippen LogP contribution >= 0.6 is 0 Å². The van der Waals surface area contributed by atoms with Crippen LogP contribution in [0.15, 0.2) is 0 Å². The lowest BCUT2D eigenvalue weighted by Gasteiger charge is -2.37. The van der Waals surface area contributed by atoms with Crippen LogP contribution in [-0.4, -0.2) is 0 Å². The predicted octanol–water partition coefficient (Wildman–Crippen LogP) is 33.7. The molecule has 0 aromatic carbocycles. The topological polar surface area (TPSA) is 0 Å². The molecule has 0 aromatic heterocycles. The first-order chi connectivity index (χ1) is 43.0. The van der Waals surface area contributed by atoms with Crippen molar-refractivity contribution in [2.45, 2.75) is 507 Å². The van der Waals surface area contributed by atoms with Gasteiger partial charge in [0, 0.05) is 0 Å². The molecule has 8 atom stereocenters. The molecule has 92 heavy (non-hydrogen) atoms. The van der Waals surface area contributed by atoms with E-state index in [2.05, 4.69) is 180 Å². The van der Waals surface area contributed by atoms with Gasteiger partial charge < -0.3 is 0 Å². The molecule has 0 aromatic rings. The van der Waals surface area contributed by atoms with E-state index >= 15 is 0 Å². The van der Waals surface area contributed by atoms with Crippen molar-refractivity contribution >= 4 is 0 Å². The molecular formula is C92H184. The summed E-state index contributed by atoms with van der Waals surface area (Å²) in [4.78, 5) is 0. The SMILES string of the molecule is CC1(C)CCC1.CC1(C)CCCC1.CCC1(C)CCC(C)C1.CCC1(C)CCC1.CCC1(C)CCCC1.CCC1(C)CCCC1.CCC1(C)CCCC1C.CCCC1(C)CCC(C)C1.CCCC1(C)CCCC1.CCCC1(C)CCCC1.CCCC1(C)CCCC1C. The summed E-state index contributed by atoms with van der Waals surface area (Å²) < 4.78 is 0. The van der Waals surface area contributed by atoms with E-state index in [4.69, 9.17) is 0 Å². The Morgan fingerprint density at radius 3 is 0.652 bits per heavy atom. The maximum atomic E-state index is 2.47. The fourth-order valence-electron chi connectivity index (χ4n) is 19.4. The molecule has 0 aliphatic heterocycles. The van der Waals surface area contributed by atoms with Gasteiger partial charge in [-0.15, -0.1) is 0 Å². The van der Waals surface area contributed by atoms with E-state index in [9.17, 15) is 0 Å². The third kappa shape index (κ3) is 36.4. The van der Waals surface area contributed by atoms with Crippen molar-refractivity contribution in [2.24, 2.45) is 83.2 Å². The van der Waals surface area contributed by atoms with Crippen molar-refractivity contribution < 1.29 is 0 Å². The minimum atomic E-state index is 0.694. The quantitative estimate of drug-likeness (QED) is 0.172. The first-order valence-electron chi connectivity index (χ1n) is 43.0. The van der Waals surface area contributed by atoms with Crippen molar-refractivity contribution in [3.63, 3.8) is 0 Å². The highest BCUT2D eigenvalue weighted by molar-refractivity contribution is 4.88. The summed E-state index contributed by atoms with van der Waals surface area (Å²) in [7, 11) is 0. The maximum absolute atomic E-state index is 2.47. The molecule has 0 nitrogen and oxygen atoms in total. The van der Waals surface area contributed by atoms with E-state index in [1.54, 1.807) is 0 Å². The van der Waals surface area contributed by atoms with Crippen LogP contribution in [0.5, 0.6) is 0 Å². The summed E-state index contributed by atoms with van der Waals surface area (Å²) in [5.74, 6) is 3.95. The average molecular weight is 1290 g/mol. The summed E-state index contributed by atoms with van der Waals surface area (Å²) in [6, 6.07) is 0. The second kappa shape index (κ2) is 44.3. The summed E-state index contributed by atoms with van der Waals surface area (Å²) in [6.45, 7) is 61.6. The van der Waals surface area contributed by atoms with Gasteiger partial charge in [0.25, 0.3) is 0 Å². The van der Waals surface area contributed by atoms with E-state index in [1.807, 2.05) is 0 Å². The standard InChI is InChI=1S/2C10H20.4C9H18.2C8H16.2C7H14.C6H12/c1-4-7-10(3)8-5-6-9(10)2;1-4-6-10(3)7-5-9(2)8-10;1-4-9(3)6-5-8(2)7-9;1-4-9(3)7-5-6-8(9)2;2*1-3-6-9(2)7-4-5-8-9;2*1-3-8(2)6-4-5-7-8;1-7(2)5-3-4-6-7;1-3-7(2)5-4-6-7;1-6(2)4-3-5-6/h2*9H,4-8H2,1-3H3;2*8H,4-7H2,1-3H3;2*3-8H2,1-2H3;2*3-7H2,1-2H3;2*3-6H2,1-2H3;3-5H2,1-2H3. The Kier molecular flexibility index (Phi) is 43.3. The van der Waals surface area contributed by atoms with Crippen LogP contribution in [0.25, 0.3) is 0 Å². The number of hydrogen-bond donors (Lipinski definition) is 0. The smallest absolute Gasteiger partial charge is 0.0300 e. The zero-order chi connectivity index (χ0) is 69.9. The van der Waals surface area contributed by atoms with E-state index in [0.29, 0.717) is 27.1 Å². The second-order valence-corrected chi connectivity index (χ2v) is 40.1. The molecule has 0 spiro atoms. The molecule has 552 valence electrons. The van der Waals surface area contributed by atoms with Crippen LogP contribution in [0.1, 0.15) is 507 Å². The van der Waals surface area contributed by atoms with Gasteiger partial charge in [0.2, 0.25) is 0 Å². The minimum Gasteiger partial charge on any atom is -0.0654 e. The van der Waals surface area contributed by atoms with Gasteiger partial charge in [0.1, 0.15) is 0 Å². The van der Waals surface area contributed by atoms with Crippen molar-refractivity contribution in [1.29, 1.82) is 0 Å². The molecule has 11 fully saturated rings. The highest BCUT2D eigenvalue weighted by atomic mass is 14.4. The largest absolute Gasteiger partial charge is 0.0654 e. The third-order valence-electron chi connectivity index (χ3n) is 29.4. The van der Waals surface area contributed by atoms with Gasteiger partial charge in [-0.2, -0.15) is 0 Å². The zero-order valence-corrected chi connectivity index (χ0v) is 69.9. The molecule has 0 radical (unpaired) electrons. The van der Waals surface area contributed by atoms with Crippen molar-refractivity contribution in [3.8, 4) is 0 Å². The van der Waals surface area contributed by atoms with E-state index in [-0.39, 0.29) is 0 Å². The normalized spacial score (nSPS) is 32.8. The van der Waals surface area contributed by atoms with Crippen LogP contribution < -0.4 is 0 Å². The van der Waals surface area contributed by atoms with Crippen LogP contribution in [0, 0.1) is 83.2 Å². The Balaban J connectivity index is 0.000000507. The van der Waals surface area contributed by atoms with Gasteiger partial charge >= 0.3 is 0 Å². The van der Waals surface area contributed by atoms with Crippen LogP contribution in [-0.2, 0) is 0 Å². The molecule has 0 heteroatoms. The summed E-state index contributed by atoms with van der Waals surface area (Å²) in [5.41, 5.74) is 7.96. The highest BCUT2D eigenvalue weighted by Gasteiger charge is 2.37. The Hall–Kier alpha value is 0. The lowest BCUT2D eigenvalue weighted by atomic mass is 9.69. The molecule has 11 aliphatic rings. The van der Waals surface area contributed by atoms with Crippen molar-refractivity contribution in [3.05, 3.63) is 0 Å². The average Bonchev–Trinajstić information content (AvgIpc) is 1.66. The van der Waals surface area contributed by atoms with Gasteiger partial charge in [-0.3, -0.25) is 0 Å². The van der Waals surface area contributed by atoms with Crippen LogP contribution in [0.4, 0.5) is 0 Å². The van der Waals surface area contributed by atoms with E-state index in [1.165, 1.54) is 327 Å². The van der Waals surface area contributed by atoms with Gasteiger partial charge in [0.15, 0.2) is 0 Å². The summed E-state index contributed by atoms with van der Waals surface area (Å²) in [6.07, 6.45) is 74.1. The van der Waals surface area contributed by atoms with Crippen molar-refractivity contribution in [2.75, 3.05) is 0 Å². The zero-order valence-electron chi connectivity index (χ0n) is 69.9. The fourth-order valence-corrected chi connectivity index (χ4v) is 19.4. The molecule has 11 saturated carbocycles. The highest BCUT2D eigenvalue weighted by Crippen LogP contribution is 2.49. The van der Waals surface area contributed by atoms with Gasteiger partial charge in [-0.25, -0.2) is 0 Å². The maximum Gasteiger partial charge on any atom is -0.0300 e. The van der Waals surface area contributed by atoms with Gasteiger partial charge in [-0.05, 0) is 237 Å². The van der Waals surface area contributed by atoms with Gasteiger partial charge in [-0.1, -0.05) is 353 Å². The molecule has 11 aliphatic carbocycles. The van der Waals surface area contributed by atoms with Crippen molar-refractivity contribution in [1.82, 2.24) is 0 Å². The molecule has 0 N–H and O–H groups in total. The van der Waals surface area contributed by atoms with Gasteiger partial charge in [0.05, 0.1) is 0 Å². The minimum absolute atomic E-state index is 0.694. The number of hydrogen-bond acceptors (Lipinski definition) is 0. The van der Waals surface area contributed by atoms with Crippen LogP contribution in [0.3, 0.4) is 0 Å². The molecule has 0 amide bonds. The predicted molar refractivity (Wildman–Crippen MR) is 424 cm³/mol. The third-order valence-corrected chi connectivity index (χ3v) is 29.4. The molecule has 11 rings (SSSR count). The molecule has 0 saturated heterocycles. The Bertz CT molecular complexity index is 1690. The second-order valence-electron chi connectivity index (χ2n) is 40.1. The van der Waals surface area contributed by atoms with E-state index in [0.717, 1.165) is 56.2 Å². The Morgan fingerprint density at radius 2 is 0.478 bits per heavy atom. The number of rotatable bonds is 13. The Labute approximate surface area is 587 Å². The molecular weight excluding hydrogens is 1110 g/mol. The molecule has 0 bridgehead atoms. The lowest BCUT2D eigenvalue weighted by molar-refractivity contribution is 0.155. The first-order valence-corrected chi connectivity index (χ1v) is 43.0.